The molecule has 0 spiro atoms. The highest BCUT2D eigenvalue weighted by atomic mass is 16.3. The normalized spacial score (nSPS) is 20.6. The highest BCUT2D eigenvalue weighted by Crippen LogP contribution is 2.44. The molecule has 2 aromatic carbocycles. The highest BCUT2D eigenvalue weighted by Gasteiger charge is 2.34. The highest BCUT2D eigenvalue weighted by molar-refractivity contribution is 5.43. The monoisotopic (exact) mass is 380 g/mol. The van der Waals surface area contributed by atoms with Crippen LogP contribution in [0.5, 0.6) is 11.5 Å². The van der Waals surface area contributed by atoms with Crippen molar-refractivity contribution < 1.29 is 10.2 Å². The van der Waals surface area contributed by atoms with Crippen LogP contribution in [0.3, 0.4) is 0 Å². The first-order chi connectivity index (χ1) is 13.4. The van der Waals surface area contributed by atoms with E-state index in [1.165, 1.54) is 62.5 Å². The maximum Gasteiger partial charge on any atom is 0.115 e. The van der Waals surface area contributed by atoms with E-state index in [0.717, 1.165) is 12.8 Å². The lowest BCUT2D eigenvalue weighted by Crippen LogP contribution is -2.28. The molecule has 0 radical (unpaired) electrons. The largest absolute Gasteiger partial charge is 0.508 e. The van der Waals surface area contributed by atoms with E-state index in [9.17, 15) is 10.2 Å². The minimum absolute atomic E-state index is 0.0509. The predicted octanol–water partition coefficient (Wildman–Crippen LogP) is 7.32. The summed E-state index contributed by atoms with van der Waals surface area (Å²) in [6.07, 6.45) is 12.4. The second-order valence-corrected chi connectivity index (χ2v) is 9.46. The van der Waals surface area contributed by atoms with E-state index in [1.807, 2.05) is 24.3 Å². The van der Waals surface area contributed by atoms with Crippen LogP contribution in [0.2, 0.25) is 0 Å². The summed E-state index contributed by atoms with van der Waals surface area (Å²) in [4.78, 5) is 0. The van der Waals surface area contributed by atoms with Gasteiger partial charge in [0.2, 0.25) is 0 Å². The molecule has 0 heterocycles. The van der Waals surface area contributed by atoms with Gasteiger partial charge in [-0.2, -0.15) is 0 Å². The molecule has 2 heteroatoms. The number of rotatable bonds is 2. The Labute approximate surface area is 170 Å². The Morgan fingerprint density at radius 3 is 1.36 bits per heavy atom. The first kappa shape index (κ1) is 20.8. The van der Waals surface area contributed by atoms with Crippen molar-refractivity contribution in [3.63, 3.8) is 0 Å². The maximum atomic E-state index is 9.82. The Hall–Kier alpha value is -1.96. The van der Waals surface area contributed by atoms with Crippen molar-refractivity contribution >= 4 is 0 Å². The van der Waals surface area contributed by atoms with Gasteiger partial charge in [0.05, 0.1) is 0 Å². The summed E-state index contributed by atoms with van der Waals surface area (Å²) >= 11 is 0. The molecule has 0 amide bonds. The fourth-order valence-electron chi connectivity index (χ4n) is 4.97. The van der Waals surface area contributed by atoms with E-state index >= 15 is 0 Å². The van der Waals surface area contributed by atoms with E-state index in [1.54, 1.807) is 0 Å². The molecule has 0 saturated heterocycles. The van der Waals surface area contributed by atoms with Crippen LogP contribution in [0.25, 0.3) is 0 Å². The van der Waals surface area contributed by atoms with Gasteiger partial charge in [-0.15, -0.1) is 0 Å². The number of hydrogen-bond donors (Lipinski definition) is 2. The average molecular weight is 381 g/mol. The molecule has 0 bridgehead atoms. The lowest BCUT2D eigenvalue weighted by molar-refractivity contribution is 0.269. The van der Waals surface area contributed by atoms with Gasteiger partial charge in [0.25, 0.3) is 0 Å². The van der Waals surface area contributed by atoms with Crippen LogP contribution >= 0.6 is 0 Å². The molecule has 2 aromatic rings. The molecular weight excluding hydrogens is 344 g/mol. The van der Waals surface area contributed by atoms with Crippen LogP contribution in [0.1, 0.15) is 89.2 Å². The number of phenolic OH excluding ortho intramolecular Hbond substituents is 2. The molecule has 3 rings (SSSR count). The molecule has 1 saturated carbocycles. The van der Waals surface area contributed by atoms with Crippen LogP contribution in [0, 0.1) is 5.41 Å². The Balaban J connectivity index is 1.96. The Bertz CT molecular complexity index is 683. The molecule has 0 aromatic heterocycles. The van der Waals surface area contributed by atoms with E-state index in [2.05, 4.69) is 38.1 Å². The SMILES string of the molecule is CC1(C)CCCCCCC(c2ccc(O)cc2)(c2ccc(O)cc2)CCCC1. The van der Waals surface area contributed by atoms with E-state index < -0.39 is 0 Å². The van der Waals surface area contributed by atoms with E-state index in [-0.39, 0.29) is 5.41 Å². The van der Waals surface area contributed by atoms with Crippen LogP contribution in [0.15, 0.2) is 48.5 Å². The summed E-state index contributed by atoms with van der Waals surface area (Å²) in [6.45, 7) is 4.85. The van der Waals surface area contributed by atoms with Crippen molar-refractivity contribution in [2.75, 3.05) is 0 Å². The third-order valence-electron chi connectivity index (χ3n) is 6.75. The summed E-state index contributed by atoms with van der Waals surface area (Å²) in [5, 5.41) is 19.6. The quantitative estimate of drug-likeness (QED) is 0.573. The van der Waals surface area contributed by atoms with E-state index in [4.69, 9.17) is 0 Å². The second-order valence-electron chi connectivity index (χ2n) is 9.46. The average Bonchev–Trinajstić information content (AvgIpc) is 2.67. The Kier molecular flexibility index (Phi) is 6.69. The van der Waals surface area contributed by atoms with Crippen molar-refractivity contribution in [1.29, 1.82) is 0 Å². The lowest BCUT2D eigenvalue weighted by Gasteiger charge is -2.37. The van der Waals surface area contributed by atoms with Crippen LogP contribution in [-0.4, -0.2) is 10.2 Å². The van der Waals surface area contributed by atoms with Crippen LogP contribution < -0.4 is 0 Å². The van der Waals surface area contributed by atoms with Crippen molar-refractivity contribution in [3.05, 3.63) is 59.7 Å². The zero-order valence-electron chi connectivity index (χ0n) is 17.6. The summed E-state index contributed by atoms with van der Waals surface area (Å²) in [5.41, 5.74) is 2.96. The molecule has 0 aliphatic heterocycles. The third-order valence-corrected chi connectivity index (χ3v) is 6.75. The summed E-state index contributed by atoms with van der Waals surface area (Å²) in [5.74, 6) is 0.638. The molecule has 1 fully saturated rings. The van der Waals surface area contributed by atoms with Crippen molar-refractivity contribution in [2.45, 2.75) is 83.5 Å². The fourth-order valence-corrected chi connectivity index (χ4v) is 4.97. The molecule has 28 heavy (non-hydrogen) atoms. The van der Waals surface area contributed by atoms with Crippen LogP contribution in [0.4, 0.5) is 0 Å². The minimum atomic E-state index is -0.0509. The second kappa shape index (κ2) is 9.03. The standard InChI is InChI=1S/C26H36O2/c1-25(2)17-5-3-4-6-19-26(20-8-7-18-25,21-9-13-23(27)14-10-21)22-11-15-24(28)16-12-22/h9-16,27-28H,3-8,17-20H2,1-2H3. The van der Waals surface area contributed by atoms with Gasteiger partial charge in [-0.05, 0) is 66.5 Å². The van der Waals surface area contributed by atoms with Crippen molar-refractivity contribution in [3.8, 4) is 11.5 Å². The van der Waals surface area contributed by atoms with Crippen LogP contribution in [-0.2, 0) is 5.41 Å². The predicted molar refractivity (Wildman–Crippen MR) is 117 cm³/mol. The molecule has 152 valence electrons. The molecule has 0 atom stereocenters. The first-order valence-corrected chi connectivity index (χ1v) is 11.0. The first-order valence-electron chi connectivity index (χ1n) is 11.0. The van der Waals surface area contributed by atoms with Crippen molar-refractivity contribution in [2.24, 2.45) is 5.41 Å². The van der Waals surface area contributed by atoms with Gasteiger partial charge in [-0.25, -0.2) is 0 Å². The number of aromatic hydroxyl groups is 2. The van der Waals surface area contributed by atoms with Gasteiger partial charge in [-0.1, -0.05) is 76.6 Å². The Morgan fingerprint density at radius 1 is 0.536 bits per heavy atom. The van der Waals surface area contributed by atoms with Gasteiger partial charge in [0, 0.05) is 5.41 Å². The van der Waals surface area contributed by atoms with E-state index in [0.29, 0.717) is 16.9 Å². The number of benzene rings is 2. The Morgan fingerprint density at radius 2 is 0.893 bits per heavy atom. The molecule has 1 aliphatic carbocycles. The molecule has 2 N–H and O–H groups in total. The van der Waals surface area contributed by atoms with Gasteiger partial charge in [0.1, 0.15) is 11.5 Å². The maximum absolute atomic E-state index is 9.82. The fraction of sp³-hybridized carbons (Fsp3) is 0.538. The molecule has 0 unspecified atom stereocenters. The minimum Gasteiger partial charge on any atom is -0.508 e. The third kappa shape index (κ3) is 5.10. The molecular formula is C26H36O2. The number of phenols is 2. The summed E-state index contributed by atoms with van der Waals surface area (Å²) < 4.78 is 0. The number of hydrogen-bond acceptors (Lipinski definition) is 2. The smallest absolute Gasteiger partial charge is 0.115 e. The molecule has 1 aliphatic rings. The summed E-state index contributed by atoms with van der Waals surface area (Å²) in [7, 11) is 0. The zero-order valence-corrected chi connectivity index (χ0v) is 17.6. The summed E-state index contributed by atoms with van der Waals surface area (Å²) in [6, 6.07) is 15.6. The van der Waals surface area contributed by atoms with Gasteiger partial charge in [0.15, 0.2) is 0 Å². The van der Waals surface area contributed by atoms with Gasteiger partial charge in [-0.3, -0.25) is 0 Å². The van der Waals surface area contributed by atoms with Crippen molar-refractivity contribution in [1.82, 2.24) is 0 Å². The van der Waals surface area contributed by atoms with Gasteiger partial charge >= 0.3 is 0 Å². The molecule has 2 nitrogen and oxygen atoms in total. The topological polar surface area (TPSA) is 40.5 Å². The zero-order chi connectivity index (χ0) is 20.0. The lowest BCUT2D eigenvalue weighted by atomic mass is 9.67. The van der Waals surface area contributed by atoms with Gasteiger partial charge < -0.3 is 10.2 Å².